The van der Waals surface area contributed by atoms with E-state index in [0.29, 0.717) is 24.2 Å². The number of aryl methyl sites for hydroxylation is 1. The Morgan fingerprint density at radius 3 is 2.77 bits per heavy atom. The van der Waals surface area contributed by atoms with E-state index < -0.39 is 0 Å². The van der Waals surface area contributed by atoms with Gasteiger partial charge < -0.3 is 10.4 Å². The van der Waals surface area contributed by atoms with E-state index in [9.17, 15) is 14.3 Å². The normalized spacial score (nSPS) is 22.3. The highest BCUT2D eigenvalue weighted by molar-refractivity contribution is 5.94. The van der Waals surface area contributed by atoms with Crippen LogP contribution in [-0.2, 0) is 12.8 Å². The molecule has 0 atom stereocenters. The van der Waals surface area contributed by atoms with Crippen molar-refractivity contribution in [2.24, 2.45) is 0 Å². The van der Waals surface area contributed by atoms with Crippen molar-refractivity contribution in [2.45, 2.75) is 64.0 Å². The lowest BCUT2D eigenvalue weighted by Crippen LogP contribution is -2.39. The molecule has 0 bridgehead atoms. The van der Waals surface area contributed by atoms with Crippen LogP contribution in [-0.4, -0.2) is 32.9 Å². The third-order valence-electron chi connectivity index (χ3n) is 5.51. The number of hydrogen-bond donors (Lipinski definition) is 2. The number of hydrogen-bond acceptors (Lipinski definition) is 3. The summed E-state index contributed by atoms with van der Waals surface area (Å²) in [7, 11) is 0. The van der Waals surface area contributed by atoms with Crippen LogP contribution in [0.1, 0.15) is 59.4 Å². The monoisotopic (exact) mass is 357 g/mol. The van der Waals surface area contributed by atoms with Crippen LogP contribution in [0, 0.1) is 12.7 Å². The Morgan fingerprint density at radius 1 is 1.27 bits per heavy atom. The third-order valence-corrected chi connectivity index (χ3v) is 5.51. The number of nitrogens with zero attached hydrogens (tertiary/aromatic N) is 2. The lowest BCUT2D eigenvalue weighted by Gasteiger charge is -2.25. The van der Waals surface area contributed by atoms with Gasteiger partial charge in [-0.2, -0.15) is 5.10 Å². The molecule has 4 rings (SSSR count). The van der Waals surface area contributed by atoms with Gasteiger partial charge in [0.05, 0.1) is 6.10 Å². The standard InChI is InChI=1S/C20H24FN3O2/c1-12-5-10-18(16(21)11-12)24-17-4-2-3-15(17)19(23-24)20(26)22-13-6-8-14(25)9-7-13/h5,10-11,13-14,25H,2-4,6-9H2,1H3,(H,22,26). The molecule has 1 heterocycles. The highest BCUT2D eigenvalue weighted by atomic mass is 19.1. The fourth-order valence-corrected chi connectivity index (χ4v) is 4.08. The zero-order chi connectivity index (χ0) is 18.3. The van der Waals surface area contributed by atoms with Crippen LogP contribution in [0.4, 0.5) is 4.39 Å². The molecule has 1 aromatic carbocycles. The van der Waals surface area contributed by atoms with E-state index >= 15 is 0 Å². The number of benzene rings is 1. The molecule has 0 unspecified atom stereocenters. The average Bonchev–Trinajstić information content (AvgIpc) is 3.20. The molecule has 5 nitrogen and oxygen atoms in total. The van der Waals surface area contributed by atoms with Crippen LogP contribution in [0.25, 0.3) is 5.69 Å². The zero-order valence-corrected chi connectivity index (χ0v) is 15.0. The molecule has 1 saturated carbocycles. The second kappa shape index (κ2) is 6.83. The van der Waals surface area contributed by atoms with Gasteiger partial charge in [0.2, 0.25) is 0 Å². The summed E-state index contributed by atoms with van der Waals surface area (Å²) in [6.07, 6.45) is 5.30. The number of aromatic nitrogens is 2. The van der Waals surface area contributed by atoms with Crippen LogP contribution >= 0.6 is 0 Å². The van der Waals surface area contributed by atoms with Crippen molar-refractivity contribution in [1.29, 1.82) is 0 Å². The minimum atomic E-state index is -0.324. The van der Waals surface area contributed by atoms with E-state index in [1.165, 1.54) is 6.07 Å². The van der Waals surface area contributed by atoms with Crippen molar-refractivity contribution >= 4 is 5.91 Å². The van der Waals surface area contributed by atoms with Crippen molar-refractivity contribution in [3.05, 3.63) is 46.5 Å². The molecular formula is C20H24FN3O2. The summed E-state index contributed by atoms with van der Waals surface area (Å²) in [4.78, 5) is 12.8. The Hall–Kier alpha value is -2.21. The largest absolute Gasteiger partial charge is 0.393 e. The van der Waals surface area contributed by atoms with E-state index in [1.807, 2.05) is 13.0 Å². The van der Waals surface area contributed by atoms with Crippen LogP contribution in [0.5, 0.6) is 0 Å². The lowest BCUT2D eigenvalue weighted by atomic mass is 9.93. The molecule has 26 heavy (non-hydrogen) atoms. The number of carbonyl (C=O) groups excluding carboxylic acids is 1. The van der Waals surface area contributed by atoms with Crippen molar-refractivity contribution in [3.8, 4) is 5.69 Å². The first-order valence-corrected chi connectivity index (χ1v) is 9.39. The van der Waals surface area contributed by atoms with Gasteiger partial charge in [-0.15, -0.1) is 0 Å². The summed E-state index contributed by atoms with van der Waals surface area (Å²) in [6, 6.07) is 5.14. The Bertz CT molecular complexity index is 838. The molecule has 0 spiro atoms. The van der Waals surface area contributed by atoms with Crippen LogP contribution < -0.4 is 5.32 Å². The van der Waals surface area contributed by atoms with Crippen LogP contribution in [0.3, 0.4) is 0 Å². The maximum atomic E-state index is 14.4. The predicted octanol–water partition coefficient (Wildman–Crippen LogP) is 2.84. The molecule has 0 saturated heterocycles. The zero-order valence-electron chi connectivity index (χ0n) is 15.0. The van der Waals surface area contributed by atoms with E-state index in [1.54, 1.807) is 10.7 Å². The minimum absolute atomic E-state index is 0.0733. The molecule has 2 aliphatic rings. The number of rotatable bonds is 3. The summed E-state index contributed by atoms with van der Waals surface area (Å²) in [5.74, 6) is -0.508. The van der Waals surface area contributed by atoms with Gasteiger partial charge in [-0.05, 0) is 69.6 Å². The first kappa shape index (κ1) is 17.2. The number of halogens is 1. The topological polar surface area (TPSA) is 67.2 Å². The second-order valence-electron chi connectivity index (χ2n) is 7.47. The summed E-state index contributed by atoms with van der Waals surface area (Å²) in [5.41, 5.74) is 3.56. The minimum Gasteiger partial charge on any atom is -0.393 e. The summed E-state index contributed by atoms with van der Waals surface area (Å²) in [5, 5.41) is 17.2. The first-order valence-electron chi connectivity index (χ1n) is 9.39. The van der Waals surface area contributed by atoms with Gasteiger partial charge in [0, 0.05) is 17.3 Å². The Kier molecular flexibility index (Phi) is 4.53. The van der Waals surface area contributed by atoms with E-state index in [0.717, 1.165) is 48.9 Å². The van der Waals surface area contributed by atoms with Crippen molar-refractivity contribution in [2.75, 3.05) is 0 Å². The van der Waals surface area contributed by atoms with Gasteiger partial charge >= 0.3 is 0 Å². The van der Waals surface area contributed by atoms with E-state index in [2.05, 4.69) is 10.4 Å². The molecule has 0 aliphatic heterocycles. The van der Waals surface area contributed by atoms with Crippen molar-refractivity contribution < 1.29 is 14.3 Å². The molecular weight excluding hydrogens is 333 g/mol. The van der Waals surface area contributed by atoms with E-state index in [4.69, 9.17) is 0 Å². The van der Waals surface area contributed by atoms with Crippen LogP contribution in [0.15, 0.2) is 18.2 Å². The van der Waals surface area contributed by atoms with Gasteiger partial charge in [-0.1, -0.05) is 6.07 Å². The van der Waals surface area contributed by atoms with Gasteiger partial charge in [0.1, 0.15) is 11.5 Å². The molecule has 2 aromatic rings. The number of aliphatic hydroxyl groups excluding tert-OH is 1. The molecule has 6 heteroatoms. The molecule has 1 fully saturated rings. The lowest BCUT2D eigenvalue weighted by molar-refractivity contribution is 0.0862. The van der Waals surface area contributed by atoms with Crippen molar-refractivity contribution in [1.82, 2.24) is 15.1 Å². The molecule has 2 aliphatic carbocycles. The van der Waals surface area contributed by atoms with E-state index in [-0.39, 0.29) is 23.9 Å². The number of fused-ring (bicyclic) bond motifs is 1. The molecule has 1 amide bonds. The molecule has 138 valence electrons. The third kappa shape index (κ3) is 3.14. The first-order chi connectivity index (χ1) is 12.5. The van der Waals surface area contributed by atoms with Crippen molar-refractivity contribution in [3.63, 3.8) is 0 Å². The quantitative estimate of drug-likeness (QED) is 0.888. The summed E-state index contributed by atoms with van der Waals surface area (Å²) in [6.45, 7) is 1.85. The van der Waals surface area contributed by atoms with Gasteiger partial charge in [0.15, 0.2) is 5.69 Å². The Morgan fingerprint density at radius 2 is 2.04 bits per heavy atom. The maximum Gasteiger partial charge on any atom is 0.272 e. The smallest absolute Gasteiger partial charge is 0.272 e. The SMILES string of the molecule is Cc1ccc(-n2nc(C(=O)NC3CCC(O)CC3)c3c2CCC3)c(F)c1. The number of aliphatic hydroxyl groups is 1. The van der Waals surface area contributed by atoms with Gasteiger partial charge in [-0.3, -0.25) is 4.79 Å². The number of amides is 1. The summed E-state index contributed by atoms with van der Waals surface area (Å²) >= 11 is 0. The fraction of sp³-hybridized carbons (Fsp3) is 0.500. The average molecular weight is 357 g/mol. The Labute approximate surface area is 152 Å². The molecule has 2 N–H and O–H groups in total. The predicted molar refractivity (Wildman–Crippen MR) is 96.0 cm³/mol. The number of nitrogens with one attached hydrogen (secondary N) is 1. The number of carbonyl (C=O) groups is 1. The highest BCUT2D eigenvalue weighted by Gasteiger charge is 2.29. The Balaban J connectivity index is 1.62. The molecule has 1 aromatic heterocycles. The second-order valence-corrected chi connectivity index (χ2v) is 7.47. The van der Waals surface area contributed by atoms with Crippen LogP contribution in [0.2, 0.25) is 0 Å². The van der Waals surface area contributed by atoms with Gasteiger partial charge in [0.25, 0.3) is 5.91 Å². The highest BCUT2D eigenvalue weighted by Crippen LogP contribution is 2.29. The fourth-order valence-electron chi connectivity index (χ4n) is 4.08. The molecule has 0 radical (unpaired) electrons. The van der Waals surface area contributed by atoms with Gasteiger partial charge in [-0.25, -0.2) is 9.07 Å². The maximum absolute atomic E-state index is 14.4. The summed E-state index contributed by atoms with van der Waals surface area (Å²) < 4.78 is 16.0.